The maximum absolute atomic E-state index is 13.0. The van der Waals surface area contributed by atoms with Crippen LogP contribution in [0.2, 0.25) is 0 Å². The Bertz CT molecular complexity index is 983. The van der Waals surface area contributed by atoms with Crippen molar-refractivity contribution in [2.24, 2.45) is 0 Å². The summed E-state index contributed by atoms with van der Waals surface area (Å²) < 4.78 is 24.1. The van der Waals surface area contributed by atoms with E-state index in [1.807, 2.05) is 29.2 Å². The summed E-state index contributed by atoms with van der Waals surface area (Å²) in [6, 6.07) is 15.3. The molecule has 5 nitrogen and oxygen atoms in total. The summed E-state index contributed by atoms with van der Waals surface area (Å²) in [5.74, 6) is 1.06. The predicted octanol–water partition coefficient (Wildman–Crippen LogP) is 4.07. The Morgan fingerprint density at radius 1 is 1.04 bits per heavy atom. The number of nitrogens with zero attached hydrogens (tertiary/aromatic N) is 2. The molecule has 1 aromatic heterocycles. The molecule has 28 heavy (non-hydrogen) atoms. The monoisotopic (exact) mass is 380 g/mol. The number of likely N-dealkylation sites (tertiary alicyclic amines) is 1. The first-order valence-electron chi connectivity index (χ1n) is 9.29. The number of carbonyl (C=O) groups is 1. The molecule has 0 spiro atoms. The van der Waals surface area contributed by atoms with Crippen LogP contribution in [0.3, 0.4) is 0 Å². The van der Waals surface area contributed by atoms with Gasteiger partial charge in [0.15, 0.2) is 0 Å². The minimum atomic E-state index is -0.283. The summed E-state index contributed by atoms with van der Waals surface area (Å²) in [6.07, 6.45) is 1.48. The number of rotatable bonds is 4. The van der Waals surface area contributed by atoms with Gasteiger partial charge >= 0.3 is 0 Å². The van der Waals surface area contributed by atoms with Crippen LogP contribution in [-0.2, 0) is 0 Å². The maximum atomic E-state index is 13.0. The van der Waals surface area contributed by atoms with Gasteiger partial charge in [0.2, 0.25) is 0 Å². The average molecular weight is 380 g/mol. The third kappa shape index (κ3) is 3.91. The molecule has 0 aliphatic carbocycles. The van der Waals surface area contributed by atoms with Crippen LogP contribution in [0.4, 0.5) is 4.39 Å². The zero-order chi connectivity index (χ0) is 19.5. The molecule has 0 saturated carbocycles. The Hall–Kier alpha value is -3.15. The van der Waals surface area contributed by atoms with Crippen molar-refractivity contribution in [3.8, 4) is 11.5 Å². The van der Waals surface area contributed by atoms with E-state index in [0.29, 0.717) is 24.5 Å². The third-order valence-electron chi connectivity index (χ3n) is 4.96. The number of ether oxygens (including phenoxy) is 2. The van der Waals surface area contributed by atoms with Crippen LogP contribution in [0, 0.1) is 5.82 Å². The van der Waals surface area contributed by atoms with Crippen molar-refractivity contribution >= 4 is 16.8 Å². The number of benzene rings is 2. The Labute approximate surface area is 162 Å². The molecule has 0 radical (unpaired) electrons. The smallest absolute Gasteiger partial charge is 0.272 e. The molecule has 2 aromatic carbocycles. The Morgan fingerprint density at radius 2 is 1.75 bits per heavy atom. The van der Waals surface area contributed by atoms with E-state index in [0.717, 1.165) is 29.5 Å². The fourth-order valence-corrected chi connectivity index (χ4v) is 3.39. The third-order valence-corrected chi connectivity index (χ3v) is 4.96. The van der Waals surface area contributed by atoms with Crippen molar-refractivity contribution in [2.45, 2.75) is 18.9 Å². The lowest BCUT2D eigenvalue weighted by Gasteiger charge is -2.32. The number of halogens is 1. The number of hydrogen-bond donors (Lipinski definition) is 0. The predicted molar refractivity (Wildman–Crippen MR) is 104 cm³/mol. The number of aromatic nitrogens is 1. The van der Waals surface area contributed by atoms with Crippen LogP contribution in [-0.4, -0.2) is 42.1 Å². The SMILES string of the molecule is COc1ccc2nc(C(=O)N3CCC(Oc4ccc(F)cc4)CC3)ccc2c1. The first-order chi connectivity index (χ1) is 13.6. The number of carbonyl (C=O) groups excluding carboxylic acids is 1. The number of methoxy groups -OCH3 is 1. The quantitative estimate of drug-likeness (QED) is 0.685. The van der Waals surface area contributed by atoms with Crippen LogP contribution in [0.25, 0.3) is 10.9 Å². The molecular weight excluding hydrogens is 359 g/mol. The fraction of sp³-hybridized carbons (Fsp3) is 0.273. The van der Waals surface area contributed by atoms with E-state index in [4.69, 9.17) is 9.47 Å². The van der Waals surface area contributed by atoms with Gasteiger partial charge in [0.1, 0.15) is 29.1 Å². The normalized spacial score (nSPS) is 14.9. The Morgan fingerprint density at radius 3 is 2.46 bits per heavy atom. The van der Waals surface area contributed by atoms with Crippen molar-refractivity contribution in [1.82, 2.24) is 9.88 Å². The largest absolute Gasteiger partial charge is 0.497 e. The molecule has 0 unspecified atom stereocenters. The molecule has 4 rings (SSSR count). The van der Waals surface area contributed by atoms with Crippen LogP contribution in [0.1, 0.15) is 23.3 Å². The Kier molecular flexibility index (Phi) is 5.10. The summed E-state index contributed by atoms with van der Waals surface area (Å²) in [4.78, 5) is 19.1. The van der Waals surface area contributed by atoms with Gasteiger partial charge < -0.3 is 14.4 Å². The lowest BCUT2D eigenvalue weighted by Crippen LogP contribution is -2.42. The zero-order valence-corrected chi connectivity index (χ0v) is 15.6. The van der Waals surface area contributed by atoms with E-state index in [2.05, 4.69) is 4.98 Å². The molecule has 1 fully saturated rings. The second kappa shape index (κ2) is 7.84. The topological polar surface area (TPSA) is 51.7 Å². The molecule has 0 atom stereocenters. The van der Waals surface area contributed by atoms with Crippen molar-refractivity contribution in [3.63, 3.8) is 0 Å². The minimum Gasteiger partial charge on any atom is -0.497 e. The number of amides is 1. The summed E-state index contributed by atoms with van der Waals surface area (Å²) >= 11 is 0. The summed E-state index contributed by atoms with van der Waals surface area (Å²) in [5, 5.41) is 0.933. The summed E-state index contributed by atoms with van der Waals surface area (Å²) in [7, 11) is 1.62. The number of pyridine rings is 1. The fourth-order valence-electron chi connectivity index (χ4n) is 3.39. The highest BCUT2D eigenvalue weighted by atomic mass is 19.1. The first kappa shape index (κ1) is 18.2. The highest BCUT2D eigenvalue weighted by Crippen LogP contribution is 2.22. The minimum absolute atomic E-state index is 0.0199. The van der Waals surface area contributed by atoms with Gasteiger partial charge in [-0.2, -0.15) is 0 Å². The van der Waals surface area contributed by atoms with Crippen LogP contribution < -0.4 is 9.47 Å². The highest BCUT2D eigenvalue weighted by Gasteiger charge is 2.25. The molecule has 2 heterocycles. The van der Waals surface area contributed by atoms with Gasteiger partial charge in [-0.25, -0.2) is 9.37 Å². The van der Waals surface area contributed by atoms with Gasteiger partial charge in [0.25, 0.3) is 5.91 Å². The van der Waals surface area contributed by atoms with Crippen LogP contribution in [0.5, 0.6) is 11.5 Å². The molecule has 6 heteroatoms. The van der Waals surface area contributed by atoms with Crippen LogP contribution in [0.15, 0.2) is 54.6 Å². The molecule has 0 bridgehead atoms. The van der Waals surface area contributed by atoms with Gasteiger partial charge in [-0.15, -0.1) is 0 Å². The standard InChI is InChI=1S/C22H21FN2O3/c1-27-19-7-9-20-15(14-19)2-8-21(24-20)22(26)25-12-10-18(11-13-25)28-17-5-3-16(23)4-6-17/h2-9,14,18H,10-13H2,1H3. The van der Waals surface area contributed by atoms with Crippen molar-refractivity contribution in [3.05, 3.63) is 66.1 Å². The lowest BCUT2D eigenvalue weighted by molar-refractivity contribution is 0.0590. The van der Waals surface area contributed by atoms with Gasteiger partial charge in [-0.3, -0.25) is 4.79 Å². The second-order valence-electron chi connectivity index (χ2n) is 6.82. The van der Waals surface area contributed by atoms with Crippen molar-refractivity contribution in [1.29, 1.82) is 0 Å². The maximum Gasteiger partial charge on any atom is 0.272 e. The van der Waals surface area contributed by atoms with Crippen molar-refractivity contribution < 1.29 is 18.7 Å². The van der Waals surface area contributed by atoms with Crippen LogP contribution >= 0.6 is 0 Å². The molecule has 1 aliphatic heterocycles. The summed E-state index contributed by atoms with van der Waals surface area (Å²) in [5.41, 5.74) is 1.21. The molecule has 1 saturated heterocycles. The number of hydrogen-bond acceptors (Lipinski definition) is 4. The Balaban J connectivity index is 1.39. The molecule has 1 aliphatic rings. The van der Waals surface area contributed by atoms with E-state index in [1.54, 1.807) is 25.3 Å². The van der Waals surface area contributed by atoms with E-state index in [9.17, 15) is 9.18 Å². The van der Waals surface area contributed by atoms with E-state index >= 15 is 0 Å². The van der Waals surface area contributed by atoms with Gasteiger partial charge in [-0.1, -0.05) is 6.07 Å². The lowest BCUT2D eigenvalue weighted by atomic mass is 10.1. The van der Waals surface area contributed by atoms with Gasteiger partial charge in [-0.05, 0) is 48.5 Å². The van der Waals surface area contributed by atoms with Gasteiger partial charge in [0, 0.05) is 31.3 Å². The first-order valence-corrected chi connectivity index (χ1v) is 9.29. The second-order valence-corrected chi connectivity index (χ2v) is 6.82. The van der Waals surface area contributed by atoms with E-state index in [1.165, 1.54) is 12.1 Å². The molecular formula is C22H21FN2O3. The molecule has 144 valence electrons. The van der Waals surface area contributed by atoms with E-state index in [-0.39, 0.29) is 17.8 Å². The zero-order valence-electron chi connectivity index (χ0n) is 15.6. The number of fused-ring (bicyclic) bond motifs is 1. The molecule has 0 N–H and O–H groups in total. The molecule has 1 amide bonds. The van der Waals surface area contributed by atoms with Gasteiger partial charge in [0.05, 0.1) is 12.6 Å². The number of piperidine rings is 1. The van der Waals surface area contributed by atoms with Crippen molar-refractivity contribution in [2.75, 3.05) is 20.2 Å². The van der Waals surface area contributed by atoms with E-state index < -0.39 is 0 Å². The average Bonchev–Trinajstić information content (AvgIpc) is 2.74. The highest BCUT2D eigenvalue weighted by molar-refractivity contribution is 5.95. The molecule has 3 aromatic rings. The summed E-state index contributed by atoms with van der Waals surface area (Å²) in [6.45, 7) is 1.21.